The quantitative estimate of drug-likeness (QED) is 0.270. The van der Waals surface area contributed by atoms with Gasteiger partial charge in [0, 0.05) is 36.3 Å². The highest BCUT2D eigenvalue weighted by molar-refractivity contribution is 7.88. The van der Waals surface area contributed by atoms with Crippen LogP contribution in [-0.4, -0.2) is 55.1 Å². The van der Waals surface area contributed by atoms with Crippen LogP contribution in [0.25, 0.3) is 23.3 Å². The fraction of sp³-hybridized carbons (Fsp3) is 0.348. The Morgan fingerprint density at radius 3 is 2.77 bits per heavy atom. The Labute approximate surface area is 209 Å². The van der Waals surface area contributed by atoms with Crippen molar-refractivity contribution < 1.29 is 8.42 Å². The predicted molar refractivity (Wildman–Crippen MR) is 141 cm³/mol. The number of benzene rings is 1. The summed E-state index contributed by atoms with van der Waals surface area (Å²) in [7, 11) is -3.26. The van der Waals surface area contributed by atoms with Crippen LogP contribution >= 0.6 is 11.6 Å². The number of pyridine rings is 1. The van der Waals surface area contributed by atoms with Crippen LogP contribution in [-0.2, 0) is 10.0 Å². The molecule has 1 aliphatic heterocycles. The first-order chi connectivity index (χ1) is 16.7. The molecule has 1 fully saturated rings. The number of aliphatic imine (C=N–C) groups is 1. The van der Waals surface area contributed by atoms with Gasteiger partial charge in [-0.2, -0.15) is 0 Å². The van der Waals surface area contributed by atoms with E-state index in [-0.39, 0.29) is 12.1 Å². The van der Waals surface area contributed by atoms with Crippen LogP contribution in [0.5, 0.6) is 0 Å². The third kappa shape index (κ3) is 5.58. The average Bonchev–Trinajstić information content (AvgIpc) is 3.24. The van der Waals surface area contributed by atoms with Crippen molar-refractivity contribution in [2.24, 2.45) is 10.7 Å². The fourth-order valence-corrected chi connectivity index (χ4v) is 5.55. The number of hydrogen-bond donors (Lipinski definition) is 4. The summed E-state index contributed by atoms with van der Waals surface area (Å²) in [6.07, 6.45) is 7.05. The van der Waals surface area contributed by atoms with Crippen LogP contribution < -0.4 is 31.4 Å². The molecule has 186 valence electrons. The number of aromatic nitrogens is 3. The van der Waals surface area contributed by atoms with Crippen molar-refractivity contribution >= 4 is 57.0 Å². The maximum Gasteiger partial charge on any atom is 0.208 e. The van der Waals surface area contributed by atoms with Gasteiger partial charge in [-0.15, -0.1) is 0 Å². The molecule has 0 aliphatic carbocycles. The summed E-state index contributed by atoms with van der Waals surface area (Å²) in [5.41, 5.74) is 8.28. The molecule has 3 heterocycles. The molecular weight excluding hydrogens is 488 g/mol. The zero-order valence-corrected chi connectivity index (χ0v) is 21.2. The van der Waals surface area contributed by atoms with Gasteiger partial charge in [0.25, 0.3) is 0 Å². The van der Waals surface area contributed by atoms with Crippen LogP contribution in [0.1, 0.15) is 31.4 Å². The third-order valence-electron chi connectivity index (χ3n) is 6.00. The topological polar surface area (TPSA) is 141 Å². The summed E-state index contributed by atoms with van der Waals surface area (Å²) in [5, 5.41) is 6.03. The molecule has 35 heavy (non-hydrogen) atoms. The zero-order valence-electron chi connectivity index (χ0n) is 19.6. The molecule has 0 radical (unpaired) electrons. The van der Waals surface area contributed by atoms with Gasteiger partial charge in [-0.05, 0) is 38.0 Å². The highest BCUT2D eigenvalue weighted by atomic mass is 35.5. The molecule has 1 unspecified atom stereocenters. The van der Waals surface area contributed by atoms with E-state index in [0.717, 1.165) is 22.2 Å². The van der Waals surface area contributed by atoms with Crippen molar-refractivity contribution in [3.05, 3.63) is 52.0 Å². The monoisotopic (exact) mass is 516 g/mol. The summed E-state index contributed by atoms with van der Waals surface area (Å²) < 4.78 is 26.1. The van der Waals surface area contributed by atoms with E-state index in [1.54, 1.807) is 12.5 Å². The molecule has 0 saturated carbocycles. The van der Waals surface area contributed by atoms with Crippen LogP contribution in [0, 0.1) is 0 Å². The second-order valence-corrected chi connectivity index (χ2v) is 10.8. The minimum Gasteiger partial charge on any atom is -0.390 e. The summed E-state index contributed by atoms with van der Waals surface area (Å²) in [5.74, 6) is 0.477. The molecule has 1 atom stereocenters. The van der Waals surface area contributed by atoms with Gasteiger partial charge in [0.1, 0.15) is 5.35 Å². The lowest BCUT2D eigenvalue weighted by atomic mass is 9.98. The molecule has 0 bridgehead atoms. The minimum atomic E-state index is -3.26. The first-order valence-electron chi connectivity index (χ1n) is 11.2. The molecule has 1 aromatic carbocycles. The standard InChI is InChI=1S/C23H29ClN8O2S/c1-14(30-23(27-12-25)20-15(2)28-13-29-20)18-11-19(24)17-5-4-8-26-21(17)22(18)32-9-6-16(7-10-32)31-35(3,33)34/h4-5,8,11-14,16,30-31H,2,6-7,9-10H2,1,3H3,(H2,25,27)(H,28,29)/b23-20-. The molecule has 0 spiro atoms. The van der Waals surface area contributed by atoms with Crippen molar-refractivity contribution in [3.8, 4) is 0 Å². The largest absolute Gasteiger partial charge is 0.390 e. The van der Waals surface area contributed by atoms with Crippen LogP contribution in [0.3, 0.4) is 0 Å². The van der Waals surface area contributed by atoms with Crippen molar-refractivity contribution in [2.45, 2.75) is 31.8 Å². The lowest BCUT2D eigenvalue weighted by Gasteiger charge is -2.36. The van der Waals surface area contributed by atoms with E-state index in [4.69, 9.17) is 17.3 Å². The normalized spacial score (nSPS) is 17.2. The van der Waals surface area contributed by atoms with E-state index in [9.17, 15) is 8.42 Å². The van der Waals surface area contributed by atoms with Crippen molar-refractivity contribution in [1.29, 1.82) is 0 Å². The number of nitrogens with one attached hydrogen (secondary N) is 3. The van der Waals surface area contributed by atoms with E-state index in [1.807, 2.05) is 25.1 Å². The predicted octanol–water partition coefficient (Wildman–Crippen LogP) is 0.943. The van der Waals surface area contributed by atoms with Gasteiger partial charge in [0.2, 0.25) is 10.0 Å². The van der Waals surface area contributed by atoms with E-state index >= 15 is 0 Å². The van der Waals surface area contributed by atoms with Crippen LogP contribution in [0.4, 0.5) is 5.69 Å². The number of anilines is 1. The molecule has 5 N–H and O–H groups in total. The van der Waals surface area contributed by atoms with E-state index in [1.165, 1.54) is 12.6 Å². The summed E-state index contributed by atoms with van der Waals surface area (Å²) >= 11 is 6.69. The van der Waals surface area contributed by atoms with Gasteiger partial charge in [0.15, 0.2) is 5.82 Å². The van der Waals surface area contributed by atoms with Gasteiger partial charge < -0.3 is 20.9 Å². The Hall–Kier alpha value is -3.15. The number of nitrogens with zero attached hydrogens (tertiary/aromatic N) is 4. The third-order valence-corrected chi connectivity index (χ3v) is 7.08. The maximum atomic E-state index is 11.7. The molecule has 4 rings (SSSR count). The van der Waals surface area contributed by atoms with Gasteiger partial charge in [0.05, 0.1) is 46.5 Å². The van der Waals surface area contributed by atoms with Gasteiger partial charge in [-0.1, -0.05) is 18.2 Å². The van der Waals surface area contributed by atoms with Gasteiger partial charge in [-0.25, -0.2) is 23.1 Å². The summed E-state index contributed by atoms with van der Waals surface area (Å²) in [6.45, 7) is 7.30. The minimum absolute atomic E-state index is 0.0965. The molecule has 1 saturated heterocycles. The number of rotatable bonds is 7. The first-order valence-corrected chi connectivity index (χ1v) is 13.5. The number of nitrogens with two attached hydrogens (primary N) is 1. The van der Waals surface area contributed by atoms with Crippen molar-refractivity contribution in [1.82, 2.24) is 25.0 Å². The lowest BCUT2D eigenvalue weighted by Crippen LogP contribution is -2.44. The SMILES string of the molecule is C=c1[nH]cn/c1=C(/N=CN)NC(C)c1cc(Cl)c2cccnc2c1N1CCC(NS(C)(=O)=O)CC1. The van der Waals surface area contributed by atoms with Crippen molar-refractivity contribution in [3.63, 3.8) is 0 Å². The number of H-pyrrole nitrogens is 1. The van der Waals surface area contributed by atoms with Gasteiger partial charge in [-0.3, -0.25) is 4.98 Å². The number of aromatic amines is 1. The Morgan fingerprint density at radius 2 is 2.14 bits per heavy atom. The van der Waals surface area contributed by atoms with Gasteiger partial charge >= 0.3 is 0 Å². The summed E-state index contributed by atoms with van der Waals surface area (Å²) in [4.78, 5) is 18.4. The van der Waals surface area contributed by atoms with E-state index in [2.05, 4.69) is 41.5 Å². The van der Waals surface area contributed by atoms with E-state index < -0.39 is 10.0 Å². The maximum absolute atomic E-state index is 11.7. The molecule has 12 heteroatoms. The smallest absolute Gasteiger partial charge is 0.208 e. The highest BCUT2D eigenvalue weighted by Gasteiger charge is 2.27. The molecular formula is C23H29ClN8O2S. The second kappa shape index (κ2) is 10.2. The number of hydrogen-bond acceptors (Lipinski definition) is 7. The fourth-order valence-electron chi connectivity index (χ4n) is 4.44. The molecule has 1 aliphatic rings. The van der Waals surface area contributed by atoms with Crippen LogP contribution in [0.15, 0.2) is 35.7 Å². The van der Waals surface area contributed by atoms with Crippen LogP contribution in [0.2, 0.25) is 5.02 Å². The zero-order chi connectivity index (χ0) is 25.2. The molecule has 10 nitrogen and oxygen atoms in total. The average molecular weight is 517 g/mol. The second-order valence-electron chi connectivity index (χ2n) is 8.57. The summed E-state index contributed by atoms with van der Waals surface area (Å²) in [6, 6.07) is 5.41. The lowest BCUT2D eigenvalue weighted by molar-refractivity contribution is 0.461. The first kappa shape index (κ1) is 25.0. The number of fused-ring (bicyclic) bond motifs is 1. The number of halogens is 1. The molecule has 3 aromatic rings. The Morgan fingerprint density at radius 1 is 1.40 bits per heavy atom. The highest BCUT2D eigenvalue weighted by Crippen LogP contribution is 2.39. The Balaban J connectivity index is 1.75. The Kier molecular flexibility index (Phi) is 7.29. The molecule has 2 aromatic heterocycles. The van der Waals surface area contributed by atoms with E-state index in [0.29, 0.717) is 47.5 Å². The molecule has 0 amide bonds. The Bertz CT molecular complexity index is 1460. The number of imidazole rings is 1. The number of piperidine rings is 1. The van der Waals surface area contributed by atoms with Crippen molar-refractivity contribution in [2.75, 3.05) is 24.2 Å². The number of sulfonamides is 1.